The van der Waals surface area contributed by atoms with Gasteiger partial charge in [0.2, 0.25) is 5.91 Å². The van der Waals surface area contributed by atoms with Gasteiger partial charge in [-0.3, -0.25) is 9.59 Å². The number of hydrogen-bond acceptors (Lipinski definition) is 5. The second kappa shape index (κ2) is 60.6. The number of carbonyl (C=O) groups excluding carboxylic acids is 2. The molecule has 0 saturated heterocycles. The third kappa shape index (κ3) is 57.2. The van der Waals surface area contributed by atoms with Crippen molar-refractivity contribution in [3.63, 3.8) is 0 Å². The Morgan fingerprint density at radius 1 is 0.394 bits per heavy atom. The molecule has 418 valence electrons. The number of aliphatic hydroxyl groups excluding tert-OH is 2. The van der Waals surface area contributed by atoms with Crippen molar-refractivity contribution in [1.82, 2.24) is 5.32 Å². The van der Waals surface area contributed by atoms with Gasteiger partial charge in [0.05, 0.1) is 25.4 Å². The van der Waals surface area contributed by atoms with E-state index >= 15 is 0 Å². The molecule has 0 heterocycles. The van der Waals surface area contributed by atoms with Crippen LogP contribution in [-0.4, -0.2) is 47.4 Å². The van der Waals surface area contributed by atoms with Gasteiger partial charge in [0, 0.05) is 12.8 Å². The van der Waals surface area contributed by atoms with Gasteiger partial charge in [-0.05, 0) is 70.6 Å². The van der Waals surface area contributed by atoms with Crippen LogP contribution in [0.1, 0.15) is 341 Å². The molecule has 0 aliphatic heterocycles. The highest BCUT2D eigenvalue weighted by atomic mass is 16.5. The van der Waals surface area contributed by atoms with Gasteiger partial charge in [-0.15, -0.1) is 0 Å². The summed E-state index contributed by atoms with van der Waals surface area (Å²) in [5.41, 5.74) is 0. The summed E-state index contributed by atoms with van der Waals surface area (Å²) in [5.74, 6) is -0.132. The fourth-order valence-electron chi connectivity index (χ4n) is 9.80. The minimum absolute atomic E-state index is 0.0196. The van der Waals surface area contributed by atoms with Crippen molar-refractivity contribution >= 4 is 11.9 Å². The van der Waals surface area contributed by atoms with Crippen LogP contribution >= 0.6 is 0 Å². The summed E-state index contributed by atoms with van der Waals surface area (Å²) >= 11 is 0. The smallest absolute Gasteiger partial charge is 0.305 e. The molecule has 0 fully saturated rings. The molecule has 0 rings (SSSR count). The Morgan fingerprint density at radius 3 is 1.11 bits per heavy atom. The Labute approximate surface area is 443 Å². The largest absolute Gasteiger partial charge is 0.466 e. The number of allylic oxidation sites excluding steroid dienone is 6. The van der Waals surface area contributed by atoms with E-state index in [-0.39, 0.29) is 18.5 Å². The lowest BCUT2D eigenvalue weighted by molar-refractivity contribution is -0.143. The molecule has 6 heteroatoms. The number of aliphatic hydroxyl groups is 2. The first-order valence-corrected chi connectivity index (χ1v) is 31.7. The molecule has 3 N–H and O–H groups in total. The minimum Gasteiger partial charge on any atom is -0.466 e. The molecule has 2 atom stereocenters. The SMILES string of the molecule is CCCCCCCC/C=C\CCCCCCCCCC(=O)OCCCCCCCC/C=C\C/C=C\CCC(=O)NC(CO)C(O)CCCCCCCCCCCCCCCCCCCCCCCCCC. The van der Waals surface area contributed by atoms with Crippen molar-refractivity contribution in [3.8, 4) is 0 Å². The number of rotatable bonds is 59. The third-order valence-electron chi connectivity index (χ3n) is 14.7. The van der Waals surface area contributed by atoms with Crippen LogP contribution in [-0.2, 0) is 14.3 Å². The monoisotopic (exact) mass is 998 g/mol. The number of carbonyl (C=O) groups is 2. The van der Waals surface area contributed by atoms with Crippen LogP contribution in [0.3, 0.4) is 0 Å². The average molecular weight is 999 g/mol. The summed E-state index contributed by atoms with van der Waals surface area (Å²) in [5, 5.41) is 23.3. The standard InChI is InChI=1S/C65H123NO5/c1-3-5-7-9-11-13-15-17-19-21-22-23-24-25-26-27-29-30-33-37-41-45-49-53-57-63(68)62(61-67)66-64(69)58-54-50-46-42-38-34-32-36-40-44-48-52-56-60-71-65(70)59-55-51-47-43-39-35-31-28-20-18-16-14-12-10-8-6-4-2/h18,20,34,38,46,50,62-63,67-68H,3-17,19,21-33,35-37,39-45,47-49,51-61H2,1-2H3,(H,66,69)/b20-18-,38-34-,50-46-. The van der Waals surface area contributed by atoms with E-state index in [2.05, 4.69) is 49.5 Å². The third-order valence-corrected chi connectivity index (χ3v) is 14.7. The maximum Gasteiger partial charge on any atom is 0.305 e. The van der Waals surface area contributed by atoms with Crippen LogP contribution < -0.4 is 5.32 Å². The molecule has 2 unspecified atom stereocenters. The van der Waals surface area contributed by atoms with Crippen LogP contribution in [0.5, 0.6) is 0 Å². The molecule has 6 nitrogen and oxygen atoms in total. The summed E-state index contributed by atoms with van der Waals surface area (Å²) in [6.45, 7) is 4.91. The maximum absolute atomic E-state index is 12.5. The molecule has 71 heavy (non-hydrogen) atoms. The Balaban J connectivity index is 3.51. The Kier molecular flexibility index (Phi) is 59.0. The fourth-order valence-corrected chi connectivity index (χ4v) is 9.80. The summed E-state index contributed by atoms with van der Waals surface area (Å²) in [7, 11) is 0. The van der Waals surface area contributed by atoms with E-state index in [1.165, 1.54) is 250 Å². The fraction of sp³-hybridized carbons (Fsp3) is 0.877. The van der Waals surface area contributed by atoms with Gasteiger partial charge < -0.3 is 20.3 Å². The highest BCUT2D eigenvalue weighted by molar-refractivity contribution is 5.76. The molecule has 0 aromatic carbocycles. The minimum atomic E-state index is -0.701. The second-order valence-corrected chi connectivity index (χ2v) is 21.7. The molecular formula is C65H123NO5. The summed E-state index contributed by atoms with van der Waals surface area (Å²) < 4.78 is 5.47. The zero-order valence-electron chi connectivity index (χ0n) is 47.7. The average Bonchev–Trinajstić information content (AvgIpc) is 3.37. The molecule has 0 radical (unpaired) electrons. The van der Waals surface area contributed by atoms with E-state index in [9.17, 15) is 19.8 Å². The number of esters is 1. The molecule has 0 aliphatic rings. The molecule has 1 amide bonds. The van der Waals surface area contributed by atoms with Crippen LogP contribution in [0.2, 0.25) is 0 Å². The van der Waals surface area contributed by atoms with E-state index in [1.54, 1.807) is 0 Å². The maximum atomic E-state index is 12.5. The molecule has 0 saturated carbocycles. The lowest BCUT2D eigenvalue weighted by Crippen LogP contribution is -2.45. The molecule has 0 aromatic heterocycles. The van der Waals surface area contributed by atoms with Crippen molar-refractivity contribution in [2.24, 2.45) is 0 Å². The summed E-state index contributed by atoms with van der Waals surface area (Å²) in [6.07, 6.45) is 76.0. The second-order valence-electron chi connectivity index (χ2n) is 21.7. The van der Waals surface area contributed by atoms with E-state index in [1.807, 2.05) is 6.08 Å². The number of ether oxygens (including phenoxy) is 1. The van der Waals surface area contributed by atoms with Gasteiger partial charge >= 0.3 is 5.97 Å². The first-order valence-electron chi connectivity index (χ1n) is 31.7. The molecule has 0 aromatic rings. The zero-order chi connectivity index (χ0) is 51.4. The van der Waals surface area contributed by atoms with Gasteiger partial charge in [0.25, 0.3) is 0 Å². The number of amides is 1. The van der Waals surface area contributed by atoms with Gasteiger partial charge in [0.1, 0.15) is 0 Å². The van der Waals surface area contributed by atoms with Crippen molar-refractivity contribution in [2.45, 2.75) is 353 Å². The number of nitrogens with one attached hydrogen (secondary N) is 1. The van der Waals surface area contributed by atoms with Crippen LogP contribution in [0.15, 0.2) is 36.5 Å². The topological polar surface area (TPSA) is 95.9 Å². The molecule has 0 bridgehead atoms. The van der Waals surface area contributed by atoms with E-state index in [0.29, 0.717) is 32.3 Å². The Bertz CT molecular complexity index is 1150. The van der Waals surface area contributed by atoms with Crippen LogP contribution in [0.25, 0.3) is 0 Å². The summed E-state index contributed by atoms with van der Waals surface area (Å²) in [6, 6.07) is -0.587. The quantitative estimate of drug-likeness (QED) is 0.0321. The van der Waals surface area contributed by atoms with Gasteiger partial charge in [-0.25, -0.2) is 0 Å². The lowest BCUT2D eigenvalue weighted by Gasteiger charge is -2.22. The Morgan fingerprint density at radius 2 is 0.718 bits per heavy atom. The highest BCUT2D eigenvalue weighted by Crippen LogP contribution is 2.18. The summed E-state index contributed by atoms with van der Waals surface area (Å²) in [4.78, 5) is 24.6. The highest BCUT2D eigenvalue weighted by Gasteiger charge is 2.20. The van der Waals surface area contributed by atoms with Gasteiger partial charge in [0.15, 0.2) is 0 Å². The number of unbranched alkanes of at least 4 members (excludes halogenated alkanes) is 42. The lowest BCUT2D eigenvalue weighted by atomic mass is 10.0. The molecule has 0 aliphatic carbocycles. The van der Waals surface area contributed by atoms with E-state index in [0.717, 1.165) is 51.4 Å². The predicted molar refractivity (Wildman–Crippen MR) is 310 cm³/mol. The van der Waals surface area contributed by atoms with E-state index < -0.39 is 12.1 Å². The Hall–Kier alpha value is -1.92. The zero-order valence-corrected chi connectivity index (χ0v) is 47.7. The first kappa shape index (κ1) is 69.1. The van der Waals surface area contributed by atoms with Gasteiger partial charge in [-0.2, -0.15) is 0 Å². The molecule has 0 spiro atoms. The normalized spacial score (nSPS) is 12.8. The van der Waals surface area contributed by atoms with E-state index in [4.69, 9.17) is 4.74 Å². The first-order chi connectivity index (χ1) is 35.0. The number of hydrogen-bond donors (Lipinski definition) is 3. The van der Waals surface area contributed by atoms with Crippen molar-refractivity contribution < 1.29 is 24.5 Å². The van der Waals surface area contributed by atoms with Gasteiger partial charge in [-0.1, -0.05) is 294 Å². The predicted octanol–water partition coefficient (Wildman–Crippen LogP) is 20.0. The van der Waals surface area contributed by atoms with Crippen LogP contribution in [0, 0.1) is 0 Å². The van der Waals surface area contributed by atoms with Crippen LogP contribution in [0.4, 0.5) is 0 Å². The van der Waals surface area contributed by atoms with Crippen molar-refractivity contribution in [2.75, 3.05) is 13.2 Å². The molecular weight excluding hydrogens is 875 g/mol. The van der Waals surface area contributed by atoms with Crippen molar-refractivity contribution in [3.05, 3.63) is 36.5 Å². The van der Waals surface area contributed by atoms with Crippen molar-refractivity contribution in [1.29, 1.82) is 0 Å².